The van der Waals surface area contributed by atoms with Crippen LogP contribution in [0.1, 0.15) is 27.9 Å². The van der Waals surface area contributed by atoms with E-state index in [-0.39, 0.29) is 11.9 Å². The monoisotopic (exact) mass is 310 g/mol. The number of aryl methyl sites for hydroxylation is 1. The van der Waals surface area contributed by atoms with Crippen molar-refractivity contribution in [2.75, 3.05) is 19.8 Å². The molecule has 1 N–H and O–H groups in total. The van der Waals surface area contributed by atoms with Gasteiger partial charge in [-0.15, -0.1) is 0 Å². The van der Waals surface area contributed by atoms with Crippen molar-refractivity contribution in [1.29, 1.82) is 0 Å². The molecule has 0 aliphatic carbocycles. The Morgan fingerprint density at radius 1 is 1.26 bits per heavy atom. The van der Waals surface area contributed by atoms with Gasteiger partial charge in [-0.05, 0) is 43.3 Å². The van der Waals surface area contributed by atoms with Gasteiger partial charge in [-0.3, -0.25) is 4.79 Å². The van der Waals surface area contributed by atoms with Crippen LogP contribution in [0, 0.1) is 6.92 Å². The molecule has 1 aromatic carbocycles. The quantitative estimate of drug-likeness (QED) is 0.790. The molecule has 1 amide bonds. The van der Waals surface area contributed by atoms with Crippen LogP contribution in [0.5, 0.6) is 0 Å². The maximum atomic E-state index is 13.0. The standard InChI is InChI=1S/C18H18N2O3/c1-12-2-5-17(23-12)16-11-22-9-8-20(16)18(21)14-3-4-15-13(10-14)6-7-19-15/h2-7,10,16,19H,8-9,11H2,1H3. The summed E-state index contributed by atoms with van der Waals surface area (Å²) in [5.74, 6) is 1.63. The number of ether oxygens (including phenoxy) is 1. The minimum atomic E-state index is -0.174. The Hall–Kier alpha value is -2.53. The Labute approximate surface area is 133 Å². The molecule has 2 aromatic heterocycles. The van der Waals surface area contributed by atoms with Gasteiger partial charge in [-0.2, -0.15) is 0 Å². The van der Waals surface area contributed by atoms with Crippen LogP contribution >= 0.6 is 0 Å². The van der Waals surface area contributed by atoms with Gasteiger partial charge in [-0.25, -0.2) is 0 Å². The lowest BCUT2D eigenvalue weighted by atomic mass is 10.1. The fourth-order valence-corrected chi connectivity index (χ4v) is 3.07. The van der Waals surface area contributed by atoms with Crippen molar-refractivity contribution >= 4 is 16.8 Å². The maximum Gasteiger partial charge on any atom is 0.254 e. The van der Waals surface area contributed by atoms with Crippen LogP contribution in [0.15, 0.2) is 47.0 Å². The van der Waals surface area contributed by atoms with Crippen LogP contribution in [0.3, 0.4) is 0 Å². The van der Waals surface area contributed by atoms with Crippen molar-refractivity contribution < 1.29 is 13.9 Å². The van der Waals surface area contributed by atoms with Crippen molar-refractivity contribution in [1.82, 2.24) is 9.88 Å². The lowest BCUT2D eigenvalue weighted by Crippen LogP contribution is -2.43. The van der Waals surface area contributed by atoms with Gasteiger partial charge in [0.2, 0.25) is 0 Å². The minimum Gasteiger partial charge on any atom is -0.464 e. The summed E-state index contributed by atoms with van der Waals surface area (Å²) >= 11 is 0. The predicted molar refractivity (Wildman–Crippen MR) is 86.3 cm³/mol. The summed E-state index contributed by atoms with van der Waals surface area (Å²) in [5, 5.41) is 1.04. The second-order valence-electron chi connectivity index (χ2n) is 5.82. The Bertz CT molecular complexity index is 849. The van der Waals surface area contributed by atoms with E-state index in [0.717, 1.165) is 22.4 Å². The fraction of sp³-hybridized carbons (Fsp3) is 0.278. The summed E-state index contributed by atoms with van der Waals surface area (Å²) < 4.78 is 11.3. The third-order valence-corrected chi connectivity index (χ3v) is 4.28. The molecule has 1 atom stereocenters. The molecule has 5 heteroatoms. The Morgan fingerprint density at radius 2 is 2.17 bits per heavy atom. The topological polar surface area (TPSA) is 58.5 Å². The van der Waals surface area contributed by atoms with Crippen LogP contribution in [-0.4, -0.2) is 35.5 Å². The Morgan fingerprint density at radius 3 is 3.00 bits per heavy atom. The summed E-state index contributed by atoms with van der Waals surface area (Å²) in [4.78, 5) is 18.0. The molecule has 118 valence electrons. The molecule has 0 bridgehead atoms. The molecule has 1 fully saturated rings. The number of carbonyl (C=O) groups excluding carboxylic acids is 1. The zero-order valence-corrected chi connectivity index (χ0v) is 12.9. The average molecular weight is 310 g/mol. The van der Waals surface area contributed by atoms with Crippen LogP contribution in [0.25, 0.3) is 10.9 Å². The Kier molecular flexibility index (Phi) is 3.42. The van der Waals surface area contributed by atoms with Crippen molar-refractivity contribution in [3.05, 3.63) is 59.7 Å². The molecule has 5 nitrogen and oxygen atoms in total. The first-order valence-corrected chi connectivity index (χ1v) is 7.74. The maximum absolute atomic E-state index is 13.0. The average Bonchev–Trinajstić information content (AvgIpc) is 3.22. The lowest BCUT2D eigenvalue weighted by Gasteiger charge is -2.34. The van der Waals surface area contributed by atoms with Crippen LogP contribution in [0.2, 0.25) is 0 Å². The molecule has 0 saturated carbocycles. The van der Waals surface area contributed by atoms with Gasteiger partial charge < -0.3 is 19.0 Å². The number of nitrogens with zero attached hydrogens (tertiary/aromatic N) is 1. The molecule has 1 aliphatic rings. The number of fused-ring (bicyclic) bond motifs is 1. The summed E-state index contributed by atoms with van der Waals surface area (Å²) in [6.45, 7) is 3.48. The third kappa shape index (κ3) is 2.53. The number of amides is 1. The van der Waals surface area contributed by atoms with Gasteiger partial charge in [0.25, 0.3) is 5.91 Å². The number of morpholine rings is 1. The van der Waals surface area contributed by atoms with Gasteiger partial charge in [0.1, 0.15) is 17.6 Å². The molecule has 1 aliphatic heterocycles. The van der Waals surface area contributed by atoms with Gasteiger partial charge in [-0.1, -0.05) is 0 Å². The van der Waals surface area contributed by atoms with Gasteiger partial charge >= 0.3 is 0 Å². The van der Waals surface area contributed by atoms with E-state index in [9.17, 15) is 4.79 Å². The Balaban J connectivity index is 1.66. The highest BCUT2D eigenvalue weighted by Crippen LogP contribution is 2.28. The van der Waals surface area contributed by atoms with E-state index in [1.165, 1.54) is 0 Å². The highest BCUT2D eigenvalue weighted by atomic mass is 16.5. The molecule has 23 heavy (non-hydrogen) atoms. The number of benzene rings is 1. The first-order chi connectivity index (χ1) is 11.2. The molecule has 4 rings (SSSR count). The smallest absolute Gasteiger partial charge is 0.254 e. The van der Waals surface area contributed by atoms with E-state index in [2.05, 4.69) is 4.98 Å². The van der Waals surface area contributed by atoms with Crippen LogP contribution < -0.4 is 0 Å². The van der Waals surface area contributed by atoms with Gasteiger partial charge in [0.15, 0.2) is 0 Å². The highest BCUT2D eigenvalue weighted by molar-refractivity contribution is 5.98. The number of hydrogen-bond donors (Lipinski definition) is 1. The number of H-pyrrole nitrogens is 1. The normalized spacial score (nSPS) is 18.5. The summed E-state index contributed by atoms with van der Waals surface area (Å²) in [7, 11) is 0. The third-order valence-electron chi connectivity index (χ3n) is 4.28. The van der Waals surface area contributed by atoms with Crippen molar-refractivity contribution in [2.24, 2.45) is 0 Å². The summed E-state index contributed by atoms with van der Waals surface area (Å²) in [5.41, 5.74) is 1.72. The number of aromatic amines is 1. The second kappa shape index (κ2) is 5.59. The molecule has 3 aromatic rings. The highest BCUT2D eigenvalue weighted by Gasteiger charge is 2.31. The van der Waals surface area contributed by atoms with E-state index < -0.39 is 0 Å². The SMILES string of the molecule is Cc1ccc(C2COCCN2C(=O)c2ccc3[nH]ccc3c2)o1. The van der Waals surface area contributed by atoms with Gasteiger partial charge in [0, 0.05) is 29.2 Å². The molecule has 1 saturated heterocycles. The number of aromatic nitrogens is 1. The molecule has 3 heterocycles. The van der Waals surface area contributed by atoms with Crippen LogP contribution in [0.4, 0.5) is 0 Å². The molecular weight excluding hydrogens is 292 g/mol. The molecule has 0 radical (unpaired) electrons. The number of nitrogens with one attached hydrogen (secondary N) is 1. The molecule has 1 unspecified atom stereocenters. The van der Waals surface area contributed by atoms with Crippen molar-refractivity contribution in [3.63, 3.8) is 0 Å². The number of rotatable bonds is 2. The van der Waals surface area contributed by atoms with Crippen LogP contribution in [-0.2, 0) is 4.74 Å². The van der Waals surface area contributed by atoms with E-state index in [1.54, 1.807) is 0 Å². The number of carbonyl (C=O) groups is 1. The fourth-order valence-electron chi connectivity index (χ4n) is 3.07. The largest absolute Gasteiger partial charge is 0.464 e. The summed E-state index contributed by atoms with van der Waals surface area (Å²) in [6.07, 6.45) is 1.88. The summed E-state index contributed by atoms with van der Waals surface area (Å²) in [6, 6.07) is 11.4. The van der Waals surface area contributed by atoms with E-state index in [4.69, 9.17) is 9.15 Å². The van der Waals surface area contributed by atoms with Crippen molar-refractivity contribution in [3.8, 4) is 0 Å². The first-order valence-electron chi connectivity index (χ1n) is 7.74. The van der Waals surface area contributed by atoms with E-state index in [0.29, 0.717) is 25.3 Å². The minimum absolute atomic E-state index is 0.00968. The molecule has 0 spiro atoms. The zero-order chi connectivity index (χ0) is 15.8. The second-order valence-corrected chi connectivity index (χ2v) is 5.82. The van der Waals surface area contributed by atoms with E-state index in [1.807, 2.05) is 54.4 Å². The number of furan rings is 1. The van der Waals surface area contributed by atoms with Crippen molar-refractivity contribution in [2.45, 2.75) is 13.0 Å². The lowest BCUT2D eigenvalue weighted by molar-refractivity contribution is -0.00894. The van der Waals surface area contributed by atoms with E-state index >= 15 is 0 Å². The number of hydrogen-bond acceptors (Lipinski definition) is 3. The van der Waals surface area contributed by atoms with Gasteiger partial charge in [0.05, 0.1) is 13.2 Å². The zero-order valence-electron chi connectivity index (χ0n) is 12.9. The first kappa shape index (κ1) is 14.1. The predicted octanol–water partition coefficient (Wildman–Crippen LogP) is 3.28. The molecular formula is C18H18N2O3.